The summed E-state index contributed by atoms with van der Waals surface area (Å²) in [5.74, 6) is 0.155. The Morgan fingerprint density at radius 3 is 2.81 bits per heavy atom. The van der Waals surface area contributed by atoms with Gasteiger partial charge in [0.2, 0.25) is 0 Å². The van der Waals surface area contributed by atoms with E-state index in [0.717, 1.165) is 28.2 Å². The summed E-state index contributed by atoms with van der Waals surface area (Å²) in [5.41, 5.74) is 3.22. The molecule has 0 aliphatic carbocycles. The minimum absolute atomic E-state index is 0.155. The zero-order valence-electron chi connectivity index (χ0n) is 9.57. The molecule has 0 aliphatic heterocycles. The summed E-state index contributed by atoms with van der Waals surface area (Å²) < 4.78 is 2.09. The first kappa shape index (κ1) is 11.5. The highest BCUT2D eigenvalue weighted by Gasteiger charge is 2.19. The van der Waals surface area contributed by atoms with Crippen molar-refractivity contribution in [2.24, 2.45) is 0 Å². The van der Waals surface area contributed by atoms with Crippen LogP contribution in [0.5, 0.6) is 0 Å². The lowest BCUT2D eigenvalue weighted by Gasteiger charge is -2.13. The molecule has 0 amide bonds. The lowest BCUT2D eigenvalue weighted by atomic mass is 10.0. The molecule has 16 heavy (non-hydrogen) atoms. The van der Waals surface area contributed by atoms with Crippen molar-refractivity contribution < 1.29 is 5.11 Å². The van der Waals surface area contributed by atoms with Crippen LogP contribution in [-0.4, -0.2) is 16.1 Å². The van der Waals surface area contributed by atoms with Crippen molar-refractivity contribution in [1.29, 1.82) is 0 Å². The zero-order chi connectivity index (χ0) is 11.7. The maximum Gasteiger partial charge on any atom is 0.0693 e. The summed E-state index contributed by atoms with van der Waals surface area (Å²) in [6.45, 7) is 4.26. The summed E-state index contributed by atoms with van der Waals surface area (Å²) >= 11 is 6.30. The molecule has 0 fully saturated rings. The Labute approximate surface area is 100 Å². The number of fused-ring (bicyclic) bond motifs is 1. The second-order valence-corrected chi connectivity index (χ2v) is 4.45. The molecule has 2 heterocycles. The van der Waals surface area contributed by atoms with Gasteiger partial charge in [0.1, 0.15) is 0 Å². The average Bonchev–Trinajstić information content (AvgIpc) is 2.57. The number of hydrogen-bond acceptors (Lipinski definition) is 1. The van der Waals surface area contributed by atoms with Gasteiger partial charge in [-0.25, -0.2) is 0 Å². The van der Waals surface area contributed by atoms with Crippen molar-refractivity contribution in [2.75, 3.05) is 6.61 Å². The fourth-order valence-electron chi connectivity index (χ4n) is 2.23. The number of aliphatic hydroxyl groups excluding tert-OH is 1. The monoisotopic (exact) mass is 237 g/mol. The van der Waals surface area contributed by atoms with Crippen LogP contribution in [0.4, 0.5) is 0 Å². The van der Waals surface area contributed by atoms with Gasteiger partial charge in [0.15, 0.2) is 0 Å². The van der Waals surface area contributed by atoms with Crippen LogP contribution in [0, 0.1) is 6.92 Å². The van der Waals surface area contributed by atoms with Gasteiger partial charge in [-0.1, -0.05) is 24.6 Å². The highest BCUT2D eigenvalue weighted by atomic mass is 35.5. The number of aliphatic hydroxyl groups is 1. The minimum Gasteiger partial charge on any atom is -0.396 e. The van der Waals surface area contributed by atoms with Gasteiger partial charge in [-0.3, -0.25) is 0 Å². The molecule has 0 saturated heterocycles. The molecule has 1 unspecified atom stereocenters. The van der Waals surface area contributed by atoms with Crippen LogP contribution in [-0.2, 0) is 0 Å². The lowest BCUT2D eigenvalue weighted by Crippen LogP contribution is -2.07. The molecular formula is C13H16ClNO. The van der Waals surface area contributed by atoms with E-state index in [0.29, 0.717) is 0 Å². The number of rotatable bonds is 3. The van der Waals surface area contributed by atoms with Gasteiger partial charge in [-0.05, 0) is 31.0 Å². The second-order valence-electron chi connectivity index (χ2n) is 4.07. The Bertz CT molecular complexity index is 500. The normalized spacial score (nSPS) is 13.2. The Balaban J connectivity index is 2.72. The van der Waals surface area contributed by atoms with E-state index in [1.165, 1.54) is 0 Å². The third kappa shape index (κ3) is 1.62. The molecule has 0 aromatic carbocycles. The van der Waals surface area contributed by atoms with E-state index in [9.17, 15) is 5.11 Å². The predicted octanol–water partition coefficient (Wildman–Crippen LogP) is 3.39. The van der Waals surface area contributed by atoms with E-state index in [1.807, 2.05) is 31.3 Å². The molecule has 0 saturated carbocycles. The van der Waals surface area contributed by atoms with Crippen LogP contribution >= 0.6 is 11.6 Å². The van der Waals surface area contributed by atoms with E-state index < -0.39 is 0 Å². The lowest BCUT2D eigenvalue weighted by molar-refractivity contribution is 0.259. The van der Waals surface area contributed by atoms with Crippen molar-refractivity contribution in [3.8, 4) is 0 Å². The third-order valence-corrected chi connectivity index (χ3v) is 3.63. The number of hydrogen-bond donors (Lipinski definition) is 1. The summed E-state index contributed by atoms with van der Waals surface area (Å²) in [6.07, 6.45) is 2.91. The number of halogens is 1. The molecule has 86 valence electrons. The minimum atomic E-state index is 0.155. The Kier molecular flexibility index (Phi) is 3.22. The Morgan fingerprint density at radius 1 is 1.44 bits per heavy atom. The van der Waals surface area contributed by atoms with Gasteiger partial charge in [0.05, 0.1) is 17.1 Å². The maximum atomic E-state index is 9.42. The van der Waals surface area contributed by atoms with E-state index in [4.69, 9.17) is 11.6 Å². The molecule has 1 N–H and O–H groups in total. The van der Waals surface area contributed by atoms with E-state index in [1.54, 1.807) is 0 Å². The fourth-order valence-corrected chi connectivity index (χ4v) is 2.48. The van der Waals surface area contributed by atoms with Crippen molar-refractivity contribution in [1.82, 2.24) is 4.40 Å². The van der Waals surface area contributed by atoms with Crippen LogP contribution in [0.15, 0.2) is 24.4 Å². The first-order valence-corrected chi connectivity index (χ1v) is 5.94. The molecule has 2 nitrogen and oxygen atoms in total. The third-order valence-electron chi connectivity index (χ3n) is 3.16. The molecule has 0 spiro atoms. The molecule has 2 aromatic heterocycles. The summed E-state index contributed by atoms with van der Waals surface area (Å²) in [5, 5.41) is 10.2. The molecule has 3 heteroatoms. The summed E-state index contributed by atoms with van der Waals surface area (Å²) in [6, 6.07) is 5.96. The highest BCUT2D eigenvalue weighted by Crippen LogP contribution is 2.33. The first-order valence-electron chi connectivity index (χ1n) is 5.56. The fraction of sp³-hybridized carbons (Fsp3) is 0.385. The zero-order valence-corrected chi connectivity index (χ0v) is 10.3. The van der Waals surface area contributed by atoms with Crippen molar-refractivity contribution in [2.45, 2.75) is 26.2 Å². The second kappa shape index (κ2) is 4.48. The van der Waals surface area contributed by atoms with Crippen molar-refractivity contribution in [3.05, 3.63) is 40.7 Å². The van der Waals surface area contributed by atoms with Crippen LogP contribution in [0.2, 0.25) is 5.02 Å². The summed E-state index contributed by atoms with van der Waals surface area (Å²) in [4.78, 5) is 0. The smallest absolute Gasteiger partial charge is 0.0693 e. The largest absolute Gasteiger partial charge is 0.396 e. The molecule has 2 rings (SSSR count). The van der Waals surface area contributed by atoms with Gasteiger partial charge < -0.3 is 9.51 Å². The maximum absolute atomic E-state index is 9.42. The number of nitrogens with zero attached hydrogens (tertiary/aromatic N) is 1. The highest BCUT2D eigenvalue weighted by molar-refractivity contribution is 6.34. The molecule has 0 aliphatic rings. The van der Waals surface area contributed by atoms with Gasteiger partial charge in [-0.2, -0.15) is 0 Å². The topological polar surface area (TPSA) is 24.6 Å². The number of aromatic nitrogens is 1. The molecule has 1 atom stereocenters. The van der Waals surface area contributed by atoms with Crippen LogP contribution in [0.3, 0.4) is 0 Å². The van der Waals surface area contributed by atoms with Gasteiger partial charge >= 0.3 is 0 Å². The number of pyridine rings is 1. The van der Waals surface area contributed by atoms with Gasteiger partial charge in [0, 0.05) is 17.8 Å². The van der Waals surface area contributed by atoms with E-state index >= 15 is 0 Å². The molecule has 0 bridgehead atoms. The predicted molar refractivity (Wildman–Crippen MR) is 67.3 cm³/mol. The van der Waals surface area contributed by atoms with Crippen LogP contribution in [0.1, 0.15) is 30.5 Å². The Morgan fingerprint density at radius 2 is 2.19 bits per heavy atom. The first-order chi connectivity index (χ1) is 7.70. The molecular weight excluding hydrogens is 222 g/mol. The van der Waals surface area contributed by atoms with Crippen LogP contribution < -0.4 is 0 Å². The van der Waals surface area contributed by atoms with Gasteiger partial charge in [0.25, 0.3) is 0 Å². The van der Waals surface area contributed by atoms with E-state index in [2.05, 4.69) is 11.3 Å². The molecule has 2 aromatic rings. The quantitative estimate of drug-likeness (QED) is 0.870. The standard InChI is InChI=1S/C13H16ClNO/c1-3-10(8-16)13-9(2)12(14)11-6-4-5-7-15(11)13/h4-7,10,16H,3,8H2,1-2H3. The van der Waals surface area contributed by atoms with E-state index in [-0.39, 0.29) is 12.5 Å². The van der Waals surface area contributed by atoms with Crippen LogP contribution in [0.25, 0.3) is 5.52 Å². The van der Waals surface area contributed by atoms with Crippen molar-refractivity contribution >= 4 is 17.1 Å². The average molecular weight is 238 g/mol. The van der Waals surface area contributed by atoms with Gasteiger partial charge in [-0.15, -0.1) is 0 Å². The molecule has 0 radical (unpaired) electrons. The van der Waals surface area contributed by atoms with Crippen molar-refractivity contribution in [3.63, 3.8) is 0 Å². The Hall–Kier alpha value is -0.990. The SMILES string of the molecule is CCC(CO)c1c(C)c(Cl)c2ccccn12. The summed E-state index contributed by atoms with van der Waals surface area (Å²) in [7, 11) is 0.